The summed E-state index contributed by atoms with van der Waals surface area (Å²) in [5, 5.41) is 5.27. The van der Waals surface area contributed by atoms with Crippen molar-refractivity contribution in [3.8, 4) is 0 Å². The molecule has 3 rings (SSSR count). The van der Waals surface area contributed by atoms with E-state index in [-0.39, 0.29) is 24.3 Å². The minimum Gasteiger partial charge on any atom is -0.343 e. The van der Waals surface area contributed by atoms with Gasteiger partial charge in [0.05, 0.1) is 6.54 Å². The summed E-state index contributed by atoms with van der Waals surface area (Å²) in [6, 6.07) is 10.2. The minimum atomic E-state index is -0.339. The number of likely N-dealkylation sites (tertiary alicyclic amines) is 1. The molecule has 2 aromatic rings. The molecule has 7 heteroatoms. The number of piperidine rings is 1. The molecule has 0 unspecified atom stereocenters. The molecule has 3 amide bonds. The summed E-state index contributed by atoms with van der Waals surface area (Å²) < 4.78 is 0. The monoisotopic (exact) mass is 406 g/mol. The average molecular weight is 406 g/mol. The van der Waals surface area contributed by atoms with E-state index in [0.717, 1.165) is 31.5 Å². The molecule has 7 nitrogen and oxygen atoms in total. The number of amides is 3. The molecule has 1 aliphatic heterocycles. The van der Waals surface area contributed by atoms with Gasteiger partial charge in [0.1, 0.15) is 0 Å². The van der Waals surface area contributed by atoms with Crippen LogP contribution in [0.25, 0.3) is 6.08 Å². The number of aromatic nitrogens is 1. The Morgan fingerprint density at radius 3 is 2.40 bits per heavy atom. The lowest BCUT2D eigenvalue weighted by Gasteiger charge is -2.29. The van der Waals surface area contributed by atoms with E-state index in [1.165, 1.54) is 0 Å². The summed E-state index contributed by atoms with van der Waals surface area (Å²) in [4.78, 5) is 42.2. The first-order valence-electron chi connectivity index (χ1n) is 10.1. The molecule has 1 aromatic carbocycles. The van der Waals surface area contributed by atoms with Crippen molar-refractivity contribution in [3.05, 3.63) is 66.0 Å². The Balaban J connectivity index is 1.46. The second-order valence-corrected chi connectivity index (χ2v) is 7.43. The van der Waals surface area contributed by atoms with Crippen LogP contribution in [0.3, 0.4) is 0 Å². The van der Waals surface area contributed by atoms with E-state index in [0.29, 0.717) is 17.2 Å². The summed E-state index contributed by atoms with van der Waals surface area (Å²) >= 11 is 0. The molecule has 1 fully saturated rings. The van der Waals surface area contributed by atoms with Crippen molar-refractivity contribution < 1.29 is 14.4 Å². The lowest BCUT2D eigenvalue weighted by molar-refractivity contribution is -0.127. The molecule has 0 saturated carbocycles. The van der Waals surface area contributed by atoms with Gasteiger partial charge >= 0.3 is 0 Å². The summed E-state index contributed by atoms with van der Waals surface area (Å²) in [6.07, 6.45) is 8.57. The predicted octanol–water partition coefficient (Wildman–Crippen LogP) is 2.72. The third-order valence-electron chi connectivity index (χ3n) is 5.06. The normalized spacial score (nSPS) is 14.5. The first kappa shape index (κ1) is 21.2. The van der Waals surface area contributed by atoms with Gasteiger partial charge in [0.2, 0.25) is 11.8 Å². The van der Waals surface area contributed by atoms with Gasteiger partial charge in [-0.3, -0.25) is 19.4 Å². The number of nitrogens with zero attached hydrogens (tertiary/aromatic N) is 2. The number of carbonyl (C=O) groups excluding carboxylic acids is 3. The van der Waals surface area contributed by atoms with Crippen molar-refractivity contribution >= 4 is 29.5 Å². The van der Waals surface area contributed by atoms with Gasteiger partial charge in [-0.2, -0.15) is 0 Å². The van der Waals surface area contributed by atoms with Crippen molar-refractivity contribution in [1.29, 1.82) is 0 Å². The summed E-state index contributed by atoms with van der Waals surface area (Å²) in [5.74, 6) is 0.0380. The second kappa shape index (κ2) is 10.3. The van der Waals surface area contributed by atoms with Gasteiger partial charge in [-0.15, -0.1) is 0 Å². The van der Waals surface area contributed by atoms with Crippen LogP contribution in [0.5, 0.6) is 0 Å². The molecule has 0 spiro atoms. The van der Waals surface area contributed by atoms with Crippen LogP contribution in [0.2, 0.25) is 0 Å². The van der Waals surface area contributed by atoms with Crippen LogP contribution < -0.4 is 10.6 Å². The van der Waals surface area contributed by atoms with Crippen molar-refractivity contribution in [2.24, 2.45) is 5.92 Å². The van der Waals surface area contributed by atoms with E-state index in [2.05, 4.69) is 22.5 Å². The van der Waals surface area contributed by atoms with E-state index in [1.54, 1.807) is 60.9 Å². The zero-order chi connectivity index (χ0) is 21.3. The summed E-state index contributed by atoms with van der Waals surface area (Å²) in [7, 11) is 0. The molecular weight excluding hydrogens is 380 g/mol. The highest BCUT2D eigenvalue weighted by Crippen LogP contribution is 2.16. The van der Waals surface area contributed by atoms with Gasteiger partial charge in [-0.05, 0) is 54.7 Å². The first-order valence-corrected chi connectivity index (χ1v) is 10.1. The maximum atomic E-state index is 12.3. The lowest BCUT2D eigenvalue weighted by atomic mass is 9.99. The van der Waals surface area contributed by atoms with Gasteiger partial charge in [0, 0.05) is 42.8 Å². The molecular formula is C23H26N4O3. The predicted molar refractivity (Wildman–Crippen MR) is 116 cm³/mol. The van der Waals surface area contributed by atoms with E-state index < -0.39 is 0 Å². The van der Waals surface area contributed by atoms with E-state index in [9.17, 15) is 14.4 Å². The summed E-state index contributed by atoms with van der Waals surface area (Å²) in [5.41, 5.74) is 1.90. The largest absolute Gasteiger partial charge is 0.343 e. The van der Waals surface area contributed by atoms with E-state index in [4.69, 9.17) is 0 Å². The third-order valence-corrected chi connectivity index (χ3v) is 5.06. The topological polar surface area (TPSA) is 91.4 Å². The Morgan fingerprint density at radius 2 is 1.73 bits per heavy atom. The fourth-order valence-electron chi connectivity index (χ4n) is 3.15. The zero-order valence-corrected chi connectivity index (χ0v) is 17.0. The van der Waals surface area contributed by atoms with E-state index in [1.807, 2.05) is 4.90 Å². The molecule has 1 aliphatic rings. The fourth-order valence-corrected chi connectivity index (χ4v) is 3.15. The number of nitrogens with one attached hydrogen (secondary N) is 2. The standard InChI is InChI=1S/C23H26N4O3/c1-17-10-14-27(15-11-17)22(29)7-4-18-2-5-19(6-3-18)23(30)25-16-21(28)26-20-8-12-24-13-9-20/h2-9,12-13,17H,10-11,14-16H2,1H3,(H,25,30)(H,24,26,28)/b7-4+. The second-order valence-electron chi connectivity index (χ2n) is 7.43. The average Bonchev–Trinajstić information content (AvgIpc) is 2.77. The number of benzene rings is 1. The Labute approximate surface area is 176 Å². The molecule has 0 bridgehead atoms. The van der Waals surface area contributed by atoms with Gasteiger partial charge in [0.15, 0.2) is 0 Å². The van der Waals surface area contributed by atoms with Crippen molar-refractivity contribution in [1.82, 2.24) is 15.2 Å². The Hall–Kier alpha value is -3.48. The Bertz CT molecular complexity index is 902. The smallest absolute Gasteiger partial charge is 0.251 e. The number of pyridine rings is 1. The maximum Gasteiger partial charge on any atom is 0.251 e. The van der Waals surface area contributed by atoms with Crippen LogP contribution in [-0.2, 0) is 9.59 Å². The van der Waals surface area contributed by atoms with Crippen molar-refractivity contribution in [3.63, 3.8) is 0 Å². The zero-order valence-electron chi connectivity index (χ0n) is 17.0. The Morgan fingerprint density at radius 1 is 1.07 bits per heavy atom. The number of carbonyl (C=O) groups is 3. The van der Waals surface area contributed by atoms with E-state index >= 15 is 0 Å². The van der Waals surface area contributed by atoms with Crippen LogP contribution in [0.1, 0.15) is 35.7 Å². The van der Waals surface area contributed by atoms with Crippen molar-refractivity contribution in [2.75, 3.05) is 25.0 Å². The van der Waals surface area contributed by atoms with Crippen LogP contribution in [-0.4, -0.2) is 47.2 Å². The lowest BCUT2D eigenvalue weighted by Crippen LogP contribution is -2.36. The van der Waals surface area contributed by atoms with Crippen molar-refractivity contribution in [2.45, 2.75) is 19.8 Å². The number of anilines is 1. The number of hydrogen-bond acceptors (Lipinski definition) is 4. The molecule has 1 saturated heterocycles. The molecule has 0 radical (unpaired) electrons. The SMILES string of the molecule is CC1CCN(C(=O)/C=C/c2ccc(C(=O)NCC(=O)Nc3ccncc3)cc2)CC1. The molecule has 0 aliphatic carbocycles. The minimum absolute atomic E-state index is 0.0175. The first-order chi connectivity index (χ1) is 14.5. The Kier molecular flexibility index (Phi) is 7.32. The van der Waals surface area contributed by atoms with Crippen LogP contribution >= 0.6 is 0 Å². The molecule has 2 N–H and O–H groups in total. The van der Waals surface area contributed by atoms with Crippen LogP contribution in [0, 0.1) is 5.92 Å². The molecule has 156 valence electrons. The van der Waals surface area contributed by atoms with Gasteiger partial charge in [-0.1, -0.05) is 19.1 Å². The molecule has 30 heavy (non-hydrogen) atoms. The maximum absolute atomic E-state index is 12.3. The number of hydrogen-bond donors (Lipinski definition) is 2. The van der Waals surface area contributed by atoms with Crippen LogP contribution in [0.4, 0.5) is 5.69 Å². The molecule has 0 atom stereocenters. The highest BCUT2D eigenvalue weighted by molar-refractivity contribution is 5.99. The quantitative estimate of drug-likeness (QED) is 0.722. The molecule has 2 heterocycles. The summed E-state index contributed by atoms with van der Waals surface area (Å²) in [6.45, 7) is 3.69. The highest BCUT2D eigenvalue weighted by Gasteiger charge is 2.18. The fraction of sp³-hybridized carbons (Fsp3) is 0.304. The van der Waals surface area contributed by atoms with Gasteiger partial charge in [0.25, 0.3) is 5.91 Å². The van der Waals surface area contributed by atoms with Gasteiger partial charge < -0.3 is 15.5 Å². The highest BCUT2D eigenvalue weighted by atomic mass is 16.2. The number of rotatable bonds is 6. The third kappa shape index (κ3) is 6.27. The van der Waals surface area contributed by atoms with Gasteiger partial charge in [-0.25, -0.2) is 0 Å². The van der Waals surface area contributed by atoms with Crippen LogP contribution in [0.15, 0.2) is 54.9 Å². The molecule has 1 aromatic heterocycles.